The number of hydrogen-bond acceptors (Lipinski definition) is 2. The van der Waals surface area contributed by atoms with E-state index in [2.05, 4.69) is 5.32 Å². The van der Waals surface area contributed by atoms with Crippen LogP contribution >= 0.6 is 11.6 Å². The first-order valence-electron chi connectivity index (χ1n) is 6.55. The van der Waals surface area contributed by atoms with Gasteiger partial charge in [-0.1, -0.05) is 48.9 Å². The predicted octanol–water partition coefficient (Wildman–Crippen LogP) is 3.75. The average molecular weight is 307 g/mol. The van der Waals surface area contributed by atoms with Crippen molar-refractivity contribution in [2.75, 3.05) is 5.32 Å². The minimum Gasteiger partial charge on any atom is -0.324 e. The molecule has 0 aliphatic carbocycles. The van der Waals surface area contributed by atoms with E-state index < -0.39 is 17.8 Å². The zero-order valence-electron chi connectivity index (χ0n) is 11.5. The van der Waals surface area contributed by atoms with Gasteiger partial charge in [-0.2, -0.15) is 0 Å². The molecule has 3 N–H and O–H groups in total. The summed E-state index contributed by atoms with van der Waals surface area (Å²) >= 11 is 5.89. The van der Waals surface area contributed by atoms with Gasteiger partial charge in [0.1, 0.15) is 5.82 Å². The standard InChI is InChI=1S/C16H16ClFN2O/c1-10(15(19)11-5-3-2-4-6-11)16(21)20-14-8-7-12(18)9-13(14)17/h2-10,15H,19H2,1H3,(H,20,21). The highest BCUT2D eigenvalue weighted by Gasteiger charge is 2.22. The lowest BCUT2D eigenvalue weighted by Crippen LogP contribution is -2.30. The number of carbonyl (C=O) groups excluding carboxylic acids is 1. The minimum atomic E-state index is -0.452. The molecule has 2 unspecified atom stereocenters. The Bertz CT molecular complexity index is 633. The van der Waals surface area contributed by atoms with Crippen molar-refractivity contribution in [1.82, 2.24) is 0 Å². The smallest absolute Gasteiger partial charge is 0.229 e. The Kier molecular flexibility index (Phi) is 4.94. The van der Waals surface area contributed by atoms with Crippen LogP contribution in [0.2, 0.25) is 5.02 Å². The summed E-state index contributed by atoms with van der Waals surface area (Å²) in [6, 6.07) is 12.8. The van der Waals surface area contributed by atoms with Gasteiger partial charge in [-0.05, 0) is 23.8 Å². The van der Waals surface area contributed by atoms with Gasteiger partial charge >= 0.3 is 0 Å². The van der Waals surface area contributed by atoms with Gasteiger partial charge in [0.25, 0.3) is 0 Å². The number of amides is 1. The maximum Gasteiger partial charge on any atom is 0.229 e. The summed E-state index contributed by atoms with van der Waals surface area (Å²) < 4.78 is 13.0. The van der Waals surface area contributed by atoms with Crippen molar-refractivity contribution in [3.8, 4) is 0 Å². The number of rotatable bonds is 4. The number of hydrogen-bond donors (Lipinski definition) is 2. The summed E-state index contributed by atoms with van der Waals surface area (Å²) in [5, 5.41) is 2.83. The van der Waals surface area contributed by atoms with E-state index in [-0.39, 0.29) is 10.9 Å². The molecule has 0 saturated carbocycles. The molecule has 2 rings (SSSR count). The van der Waals surface area contributed by atoms with E-state index >= 15 is 0 Å². The van der Waals surface area contributed by atoms with Crippen molar-refractivity contribution >= 4 is 23.2 Å². The zero-order valence-corrected chi connectivity index (χ0v) is 12.3. The van der Waals surface area contributed by atoms with E-state index in [9.17, 15) is 9.18 Å². The van der Waals surface area contributed by atoms with Crippen molar-refractivity contribution < 1.29 is 9.18 Å². The maximum atomic E-state index is 13.0. The SMILES string of the molecule is CC(C(=O)Nc1ccc(F)cc1Cl)C(N)c1ccccc1. The molecule has 0 heterocycles. The van der Waals surface area contributed by atoms with E-state index in [1.807, 2.05) is 30.3 Å². The summed E-state index contributed by atoms with van der Waals surface area (Å²) in [6.45, 7) is 1.74. The third-order valence-corrected chi connectivity index (χ3v) is 3.64. The fourth-order valence-corrected chi connectivity index (χ4v) is 2.18. The summed E-state index contributed by atoms with van der Waals surface area (Å²) in [4.78, 5) is 12.2. The van der Waals surface area contributed by atoms with Crippen LogP contribution in [0.3, 0.4) is 0 Å². The first-order chi connectivity index (χ1) is 9.99. The number of benzene rings is 2. The molecule has 0 radical (unpaired) electrons. The van der Waals surface area contributed by atoms with Gasteiger partial charge in [0.15, 0.2) is 0 Å². The third-order valence-electron chi connectivity index (χ3n) is 3.33. The van der Waals surface area contributed by atoms with Crippen molar-refractivity contribution in [2.45, 2.75) is 13.0 Å². The lowest BCUT2D eigenvalue weighted by atomic mass is 9.94. The van der Waals surface area contributed by atoms with Crippen molar-refractivity contribution in [1.29, 1.82) is 0 Å². The Hall–Kier alpha value is -1.91. The molecule has 0 spiro atoms. The Labute approximate surface area is 127 Å². The van der Waals surface area contributed by atoms with Crippen LogP contribution in [0.15, 0.2) is 48.5 Å². The molecule has 0 bridgehead atoms. The molecule has 1 amide bonds. The average Bonchev–Trinajstić information content (AvgIpc) is 2.49. The molecule has 3 nitrogen and oxygen atoms in total. The van der Waals surface area contributed by atoms with Crippen LogP contribution in [0, 0.1) is 11.7 Å². The topological polar surface area (TPSA) is 55.1 Å². The highest BCUT2D eigenvalue weighted by atomic mass is 35.5. The fourth-order valence-electron chi connectivity index (χ4n) is 1.96. The van der Waals surface area contributed by atoms with Crippen LogP contribution in [-0.2, 0) is 4.79 Å². The van der Waals surface area contributed by atoms with Crippen LogP contribution in [0.1, 0.15) is 18.5 Å². The Balaban J connectivity index is 2.09. The van der Waals surface area contributed by atoms with Crippen LogP contribution in [0.4, 0.5) is 10.1 Å². The van der Waals surface area contributed by atoms with Gasteiger partial charge in [0.2, 0.25) is 5.91 Å². The molecule has 0 saturated heterocycles. The number of nitrogens with two attached hydrogens (primary N) is 1. The van der Waals surface area contributed by atoms with Crippen LogP contribution < -0.4 is 11.1 Å². The van der Waals surface area contributed by atoms with Gasteiger partial charge < -0.3 is 11.1 Å². The summed E-state index contributed by atoms with van der Waals surface area (Å²) in [6.07, 6.45) is 0. The minimum absolute atomic E-state index is 0.156. The van der Waals surface area contributed by atoms with E-state index in [0.717, 1.165) is 11.6 Å². The number of halogens is 2. The number of anilines is 1. The second kappa shape index (κ2) is 6.70. The quantitative estimate of drug-likeness (QED) is 0.903. The lowest BCUT2D eigenvalue weighted by Gasteiger charge is -2.20. The molecule has 0 fully saturated rings. The molecule has 110 valence electrons. The molecule has 2 atom stereocenters. The molecular formula is C16H16ClFN2O. The van der Waals surface area contributed by atoms with Crippen molar-refractivity contribution in [3.63, 3.8) is 0 Å². The van der Waals surface area contributed by atoms with Gasteiger partial charge in [0.05, 0.1) is 16.6 Å². The second-order valence-electron chi connectivity index (χ2n) is 4.84. The number of nitrogens with one attached hydrogen (secondary N) is 1. The third kappa shape index (κ3) is 3.80. The maximum absolute atomic E-state index is 13.0. The number of carbonyl (C=O) groups is 1. The van der Waals surface area contributed by atoms with E-state index in [1.165, 1.54) is 12.1 Å². The highest BCUT2D eigenvalue weighted by Crippen LogP contribution is 2.25. The highest BCUT2D eigenvalue weighted by molar-refractivity contribution is 6.33. The van der Waals surface area contributed by atoms with Crippen LogP contribution in [0.25, 0.3) is 0 Å². The molecular weight excluding hydrogens is 291 g/mol. The van der Waals surface area contributed by atoms with Crippen molar-refractivity contribution in [3.05, 3.63) is 64.9 Å². The first kappa shape index (κ1) is 15.5. The summed E-state index contributed by atoms with van der Waals surface area (Å²) in [7, 11) is 0. The monoisotopic (exact) mass is 306 g/mol. The normalized spacial score (nSPS) is 13.5. The molecule has 0 aromatic heterocycles. The van der Waals surface area contributed by atoms with Crippen LogP contribution in [-0.4, -0.2) is 5.91 Å². The van der Waals surface area contributed by atoms with E-state index in [1.54, 1.807) is 6.92 Å². The molecule has 0 aliphatic heterocycles. The summed E-state index contributed by atoms with van der Waals surface area (Å²) in [5.41, 5.74) is 7.35. The van der Waals surface area contributed by atoms with E-state index in [4.69, 9.17) is 17.3 Å². The molecule has 0 aliphatic rings. The molecule has 2 aromatic carbocycles. The lowest BCUT2D eigenvalue weighted by molar-refractivity contribution is -0.120. The van der Waals surface area contributed by atoms with E-state index in [0.29, 0.717) is 5.69 Å². The van der Waals surface area contributed by atoms with Crippen molar-refractivity contribution in [2.24, 2.45) is 11.7 Å². The Morgan fingerprint density at radius 3 is 2.52 bits per heavy atom. The second-order valence-corrected chi connectivity index (χ2v) is 5.25. The van der Waals surface area contributed by atoms with Crippen LogP contribution in [0.5, 0.6) is 0 Å². The Morgan fingerprint density at radius 1 is 1.24 bits per heavy atom. The summed E-state index contributed by atoms with van der Waals surface area (Å²) in [5.74, 6) is -1.17. The Morgan fingerprint density at radius 2 is 1.90 bits per heavy atom. The fraction of sp³-hybridized carbons (Fsp3) is 0.188. The molecule has 21 heavy (non-hydrogen) atoms. The van der Waals surface area contributed by atoms with Gasteiger partial charge in [-0.3, -0.25) is 4.79 Å². The molecule has 2 aromatic rings. The van der Waals surface area contributed by atoms with Gasteiger partial charge in [-0.15, -0.1) is 0 Å². The van der Waals surface area contributed by atoms with Gasteiger partial charge in [-0.25, -0.2) is 4.39 Å². The molecule has 5 heteroatoms. The first-order valence-corrected chi connectivity index (χ1v) is 6.93. The zero-order chi connectivity index (χ0) is 15.4. The van der Waals surface area contributed by atoms with Gasteiger partial charge in [0, 0.05) is 6.04 Å². The largest absolute Gasteiger partial charge is 0.324 e. The predicted molar refractivity (Wildman–Crippen MR) is 82.6 cm³/mol.